The molecule has 33 heavy (non-hydrogen) atoms. The number of carbonyl (C=O) groups is 1. The molecular formula is C27H25F2N3O. The number of halogens is 2. The average molecular weight is 446 g/mol. The molecule has 0 bridgehead atoms. The third kappa shape index (κ3) is 4.26. The van der Waals surface area contributed by atoms with Crippen LogP contribution in [0.1, 0.15) is 18.4 Å². The summed E-state index contributed by atoms with van der Waals surface area (Å²) < 4.78 is 27.5. The van der Waals surface area contributed by atoms with E-state index in [1.807, 2.05) is 18.2 Å². The van der Waals surface area contributed by atoms with Crippen molar-refractivity contribution in [1.29, 1.82) is 0 Å². The lowest BCUT2D eigenvalue weighted by Gasteiger charge is -2.46. The molecule has 1 saturated heterocycles. The SMILES string of the molecule is O=C1C=C(Nc2ccc(F)cc2)C2(CCN(Cc3ccccc3)CC2)N1c1cccc(F)c1. The fourth-order valence-electron chi connectivity index (χ4n) is 4.90. The van der Waals surface area contributed by atoms with Crippen molar-refractivity contribution in [3.63, 3.8) is 0 Å². The Kier molecular flexibility index (Phi) is 5.68. The maximum absolute atomic E-state index is 14.1. The van der Waals surface area contributed by atoms with E-state index in [0.29, 0.717) is 24.2 Å². The molecule has 3 aromatic rings. The molecule has 0 aromatic heterocycles. The number of likely N-dealkylation sites (tertiary alicyclic amines) is 1. The Morgan fingerprint density at radius 3 is 2.27 bits per heavy atom. The third-order valence-electron chi connectivity index (χ3n) is 6.54. The van der Waals surface area contributed by atoms with E-state index in [0.717, 1.165) is 25.3 Å². The summed E-state index contributed by atoms with van der Waals surface area (Å²) in [6.07, 6.45) is 2.99. The number of rotatable bonds is 5. The van der Waals surface area contributed by atoms with Gasteiger partial charge in [-0.2, -0.15) is 0 Å². The number of hydrogen-bond acceptors (Lipinski definition) is 3. The van der Waals surface area contributed by atoms with Gasteiger partial charge in [0.15, 0.2) is 0 Å². The van der Waals surface area contributed by atoms with Gasteiger partial charge in [-0.3, -0.25) is 14.6 Å². The molecule has 0 unspecified atom stereocenters. The van der Waals surface area contributed by atoms with E-state index < -0.39 is 5.54 Å². The zero-order valence-corrected chi connectivity index (χ0v) is 18.2. The van der Waals surface area contributed by atoms with Crippen molar-refractivity contribution in [1.82, 2.24) is 4.90 Å². The second-order valence-electron chi connectivity index (χ2n) is 8.64. The van der Waals surface area contributed by atoms with E-state index in [1.165, 1.54) is 29.8 Å². The van der Waals surface area contributed by atoms with E-state index in [-0.39, 0.29) is 17.5 Å². The zero-order valence-electron chi connectivity index (χ0n) is 18.2. The first-order valence-corrected chi connectivity index (χ1v) is 11.1. The highest BCUT2D eigenvalue weighted by Crippen LogP contribution is 2.43. The summed E-state index contributed by atoms with van der Waals surface area (Å²) in [4.78, 5) is 17.3. The first-order chi connectivity index (χ1) is 16.0. The lowest BCUT2D eigenvalue weighted by Crippen LogP contribution is -2.56. The first-order valence-electron chi connectivity index (χ1n) is 11.1. The molecule has 0 atom stereocenters. The van der Waals surface area contributed by atoms with Crippen molar-refractivity contribution in [3.8, 4) is 0 Å². The predicted octanol–water partition coefficient (Wildman–Crippen LogP) is 5.34. The molecule has 0 aliphatic carbocycles. The summed E-state index contributed by atoms with van der Waals surface area (Å²) in [6.45, 7) is 2.42. The van der Waals surface area contributed by atoms with Crippen LogP contribution in [0.15, 0.2) is 90.6 Å². The topological polar surface area (TPSA) is 35.6 Å². The predicted molar refractivity (Wildman–Crippen MR) is 126 cm³/mol. The quantitative estimate of drug-likeness (QED) is 0.576. The summed E-state index contributed by atoms with van der Waals surface area (Å²) in [7, 11) is 0. The molecule has 1 N–H and O–H groups in total. The van der Waals surface area contributed by atoms with Crippen LogP contribution in [0, 0.1) is 11.6 Å². The minimum absolute atomic E-state index is 0.179. The van der Waals surface area contributed by atoms with Gasteiger partial charge in [0.2, 0.25) is 0 Å². The molecule has 0 saturated carbocycles. The average Bonchev–Trinajstić information content (AvgIpc) is 3.08. The fraction of sp³-hybridized carbons (Fsp3) is 0.222. The van der Waals surface area contributed by atoms with E-state index in [1.54, 1.807) is 35.2 Å². The Morgan fingerprint density at radius 2 is 1.58 bits per heavy atom. The number of anilines is 2. The molecule has 2 aliphatic heterocycles. The maximum Gasteiger partial charge on any atom is 0.253 e. The highest BCUT2D eigenvalue weighted by Gasteiger charge is 2.50. The van der Waals surface area contributed by atoms with Crippen LogP contribution < -0.4 is 10.2 Å². The summed E-state index contributed by atoms with van der Waals surface area (Å²) in [5.74, 6) is -0.874. The van der Waals surface area contributed by atoms with Gasteiger partial charge >= 0.3 is 0 Å². The third-order valence-corrected chi connectivity index (χ3v) is 6.54. The highest BCUT2D eigenvalue weighted by molar-refractivity contribution is 6.07. The number of nitrogens with zero attached hydrogens (tertiary/aromatic N) is 2. The largest absolute Gasteiger partial charge is 0.357 e. The number of carbonyl (C=O) groups excluding carboxylic acids is 1. The standard InChI is InChI=1S/C27H25F2N3O/c28-21-9-11-23(12-10-21)30-25-18-26(33)32(24-8-4-7-22(29)17-24)27(25)13-15-31(16-14-27)19-20-5-2-1-3-6-20/h1-12,17-18,30H,13-16,19H2. The minimum Gasteiger partial charge on any atom is -0.357 e. The van der Waals surface area contributed by atoms with Gasteiger partial charge in [-0.15, -0.1) is 0 Å². The van der Waals surface area contributed by atoms with Gasteiger partial charge in [-0.1, -0.05) is 36.4 Å². The molecule has 6 heteroatoms. The summed E-state index contributed by atoms with van der Waals surface area (Å²) in [5.41, 5.74) is 2.65. The molecule has 1 spiro atoms. The van der Waals surface area contributed by atoms with Crippen LogP contribution in [0.3, 0.4) is 0 Å². The van der Waals surface area contributed by atoms with Crippen molar-refractivity contribution in [2.45, 2.75) is 24.9 Å². The van der Waals surface area contributed by atoms with Crippen LogP contribution in [0.4, 0.5) is 20.2 Å². The summed E-state index contributed by atoms with van der Waals surface area (Å²) >= 11 is 0. The molecule has 0 radical (unpaired) electrons. The van der Waals surface area contributed by atoms with Crippen LogP contribution in [0.5, 0.6) is 0 Å². The molecule has 5 rings (SSSR count). The van der Waals surface area contributed by atoms with E-state index in [9.17, 15) is 13.6 Å². The Hall–Kier alpha value is -3.51. The van der Waals surface area contributed by atoms with Gasteiger partial charge in [0.1, 0.15) is 11.6 Å². The minimum atomic E-state index is -0.619. The summed E-state index contributed by atoms with van der Waals surface area (Å²) in [5, 5.41) is 3.36. The second-order valence-corrected chi connectivity index (χ2v) is 8.64. The van der Waals surface area contributed by atoms with Crippen molar-refractivity contribution >= 4 is 17.3 Å². The number of piperidine rings is 1. The first kappa shape index (κ1) is 21.3. The van der Waals surface area contributed by atoms with Gasteiger partial charge in [-0.25, -0.2) is 8.78 Å². The molecule has 4 nitrogen and oxygen atoms in total. The lowest BCUT2D eigenvalue weighted by molar-refractivity contribution is -0.114. The molecule has 2 aliphatic rings. The van der Waals surface area contributed by atoms with Crippen LogP contribution in [-0.4, -0.2) is 29.4 Å². The van der Waals surface area contributed by atoms with Crippen LogP contribution in [-0.2, 0) is 11.3 Å². The van der Waals surface area contributed by atoms with Crippen LogP contribution in [0.2, 0.25) is 0 Å². The molecule has 1 amide bonds. The van der Waals surface area contributed by atoms with E-state index in [4.69, 9.17) is 0 Å². The Morgan fingerprint density at radius 1 is 0.848 bits per heavy atom. The van der Waals surface area contributed by atoms with Crippen LogP contribution in [0.25, 0.3) is 0 Å². The smallest absolute Gasteiger partial charge is 0.253 e. The molecule has 3 aromatic carbocycles. The number of amides is 1. The normalized spacial score (nSPS) is 17.9. The van der Waals surface area contributed by atoms with Crippen molar-refractivity contribution in [3.05, 3.63) is 108 Å². The second kappa shape index (κ2) is 8.79. The maximum atomic E-state index is 14.1. The van der Waals surface area contributed by atoms with Crippen molar-refractivity contribution in [2.24, 2.45) is 0 Å². The lowest BCUT2D eigenvalue weighted by atomic mass is 9.83. The van der Waals surface area contributed by atoms with Gasteiger partial charge in [-0.05, 0) is 60.9 Å². The number of benzene rings is 3. The molecule has 1 fully saturated rings. The monoisotopic (exact) mass is 445 g/mol. The Bertz CT molecular complexity index is 1170. The zero-order chi connectivity index (χ0) is 22.8. The number of hydrogen-bond donors (Lipinski definition) is 1. The molecular weight excluding hydrogens is 420 g/mol. The summed E-state index contributed by atoms with van der Waals surface area (Å²) in [6, 6.07) is 22.6. The van der Waals surface area contributed by atoms with Crippen molar-refractivity contribution in [2.75, 3.05) is 23.3 Å². The van der Waals surface area contributed by atoms with Gasteiger partial charge in [0.25, 0.3) is 5.91 Å². The van der Waals surface area contributed by atoms with Crippen LogP contribution >= 0.6 is 0 Å². The van der Waals surface area contributed by atoms with Gasteiger partial charge in [0.05, 0.1) is 5.54 Å². The molecule has 168 valence electrons. The molecule has 2 heterocycles. The van der Waals surface area contributed by atoms with Gasteiger partial charge < -0.3 is 5.32 Å². The fourth-order valence-corrected chi connectivity index (χ4v) is 4.90. The Balaban J connectivity index is 1.44. The van der Waals surface area contributed by atoms with Crippen molar-refractivity contribution < 1.29 is 13.6 Å². The van der Waals surface area contributed by atoms with E-state index in [2.05, 4.69) is 22.3 Å². The highest BCUT2D eigenvalue weighted by atomic mass is 19.1. The van der Waals surface area contributed by atoms with E-state index >= 15 is 0 Å². The number of nitrogens with one attached hydrogen (secondary N) is 1. The van der Waals surface area contributed by atoms with Gasteiger partial charge in [0, 0.05) is 42.8 Å². The Labute approximate surface area is 192 Å².